The van der Waals surface area contributed by atoms with Crippen LogP contribution in [0.3, 0.4) is 0 Å². The summed E-state index contributed by atoms with van der Waals surface area (Å²) in [4.78, 5) is 3.81. The van der Waals surface area contributed by atoms with Crippen molar-refractivity contribution in [3.05, 3.63) is 17.3 Å². The maximum atomic E-state index is 12.4. The van der Waals surface area contributed by atoms with Crippen LogP contribution in [-0.4, -0.2) is 17.6 Å². The van der Waals surface area contributed by atoms with Crippen LogP contribution in [-0.2, 0) is 12.6 Å². The molecule has 2 heterocycles. The second-order valence-corrected chi connectivity index (χ2v) is 4.02. The smallest absolute Gasteiger partial charge is 0.436 e. The van der Waals surface area contributed by atoms with Gasteiger partial charge in [-0.15, -0.1) is 0 Å². The quantitative estimate of drug-likeness (QED) is 0.853. The number of hydrogen-bond donors (Lipinski definition) is 1. The highest BCUT2D eigenvalue weighted by atomic mass is 19.4. The van der Waals surface area contributed by atoms with Crippen LogP contribution in [0.15, 0.2) is 4.42 Å². The summed E-state index contributed by atoms with van der Waals surface area (Å²) in [6.07, 6.45) is -2.01. The largest absolute Gasteiger partial charge is 0.451 e. The Kier molecular flexibility index (Phi) is 2.92. The van der Waals surface area contributed by atoms with Gasteiger partial charge < -0.3 is 9.73 Å². The van der Waals surface area contributed by atoms with E-state index < -0.39 is 11.9 Å². The normalized spacial score (nSPS) is 21.6. The third-order valence-electron chi connectivity index (χ3n) is 2.68. The molecule has 1 saturated heterocycles. The van der Waals surface area contributed by atoms with Gasteiger partial charge >= 0.3 is 6.18 Å². The minimum absolute atomic E-state index is 0.0829. The molecule has 0 aliphatic carbocycles. The lowest BCUT2D eigenvalue weighted by Crippen LogP contribution is -2.23. The van der Waals surface area contributed by atoms with Crippen molar-refractivity contribution >= 4 is 0 Å². The molecule has 0 aromatic carbocycles. The molecule has 16 heavy (non-hydrogen) atoms. The number of aromatic nitrogens is 1. The fourth-order valence-electron chi connectivity index (χ4n) is 1.94. The van der Waals surface area contributed by atoms with Crippen molar-refractivity contribution in [1.82, 2.24) is 10.3 Å². The lowest BCUT2D eigenvalue weighted by Gasteiger charge is -2.06. The Bertz CT molecular complexity index is 367. The molecule has 1 atom stereocenters. The van der Waals surface area contributed by atoms with Crippen LogP contribution in [0.25, 0.3) is 0 Å². The molecule has 1 aliphatic heterocycles. The summed E-state index contributed by atoms with van der Waals surface area (Å²) in [6, 6.07) is 0.194. The zero-order valence-corrected chi connectivity index (χ0v) is 8.90. The summed E-state index contributed by atoms with van der Waals surface area (Å²) >= 11 is 0. The molecule has 1 N–H and O–H groups in total. The first-order chi connectivity index (χ1) is 7.47. The monoisotopic (exact) mass is 234 g/mol. The van der Waals surface area contributed by atoms with Crippen LogP contribution in [0.4, 0.5) is 13.2 Å². The van der Waals surface area contributed by atoms with Gasteiger partial charge in [-0.3, -0.25) is 0 Å². The Morgan fingerprint density at radius 2 is 2.25 bits per heavy atom. The van der Waals surface area contributed by atoms with Gasteiger partial charge in [-0.25, -0.2) is 4.98 Å². The molecule has 1 unspecified atom stereocenters. The van der Waals surface area contributed by atoms with Gasteiger partial charge in [0.2, 0.25) is 5.76 Å². The minimum atomic E-state index is -4.45. The molecule has 0 amide bonds. The molecular formula is C10H13F3N2O. The zero-order valence-electron chi connectivity index (χ0n) is 8.90. The summed E-state index contributed by atoms with van der Waals surface area (Å²) < 4.78 is 42.0. The number of nitrogens with zero attached hydrogens (tertiary/aromatic N) is 1. The molecule has 2 rings (SSSR count). The van der Waals surface area contributed by atoms with Gasteiger partial charge in [0.25, 0.3) is 0 Å². The lowest BCUT2D eigenvalue weighted by molar-refractivity contribution is -0.153. The standard InChI is InChI=1S/C10H13F3N2O/c1-6-9(10(11,12)13)16-8(15-6)5-7-3-2-4-14-7/h7,14H,2-5H2,1H3. The first-order valence-corrected chi connectivity index (χ1v) is 5.23. The fraction of sp³-hybridized carbons (Fsp3) is 0.700. The Hall–Kier alpha value is -1.04. The summed E-state index contributed by atoms with van der Waals surface area (Å²) in [5.74, 6) is -0.801. The van der Waals surface area contributed by atoms with Crippen molar-refractivity contribution in [2.75, 3.05) is 6.54 Å². The Morgan fingerprint density at radius 1 is 1.50 bits per heavy atom. The molecule has 1 fully saturated rings. The summed E-state index contributed by atoms with van der Waals surface area (Å²) in [7, 11) is 0. The molecule has 0 saturated carbocycles. The highest BCUT2D eigenvalue weighted by Gasteiger charge is 2.38. The number of aryl methyl sites for hydroxylation is 1. The van der Waals surface area contributed by atoms with Crippen molar-refractivity contribution in [2.24, 2.45) is 0 Å². The number of rotatable bonds is 2. The summed E-state index contributed by atoms with van der Waals surface area (Å²) in [5.41, 5.74) is -0.0829. The molecule has 3 nitrogen and oxygen atoms in total. The average molecular weight is 234 g/mol. The first-order valence-electron chi connectivity index (χ1n) is 5.23. The summed E-state index contributed by atoms with van der Waals surface area (Å²) in [6.45, 7) is 2.23. The van der Waals surface area contributed by atoms with Gasteiger partial charge in [-0.1, -0.05) is 0 Å². The first kappa shape index (κ1) is 11.4. The topological polar surface area (TPSA) is 38.1 Å². The predicted molar refractivity (Wildman–Crippen MR) is 51.0 cm³/mol. The van der Waals surface area contributed by atoms with Crippen LogP contribution in [0.1, 0.15) is 30.2 Å². The van der Waals surface area contributed by atoms with Crippen LogP contribution >= 0.6 is 0 Å². The lowest BCUT2D eigenvalue weighted by atomic mass is 10.2. The van der Waals surface area contributed by atoms with Gasteiger partial charge in [0.15, 0.2) is 5.89 Å². The maximum Gasteiger partial charge on any atom is 0.451 e. The van der Waals surface area contributed by atoms with E-state index in [-0.39, 0.29) is 17.6 Å². The third kappa shape index (κ3) is 2.37. The molecule has 0 radical (unpaired) electrons. The Morgan fingerprint density at radius 3 is 2.75 bits per heavy atom. The Balaban J connectivity index is 2.11. The van der Waals surface area contributed by atoms with Crippen molar-refractivity contribution in [1.29, 1.82) is 0 Å². The van der Waals surface area contributed by atoms with Crippen molar-refractivity contribution in [3.8, 4) is 0 Å². The average Bonchev–Trinajstić information content (AvgIpc) is 2.74. The number of hydrogen-bond acceptors (Lipinski definition) is 3. The Labute approximate surface area is 91.0 Å². The molecule has 1 aromatic rings. The van der Waals surface area contributed by atoms with Gasteiger partial charge in [0.1, 0.15) is 0 Å². The van der Waals surface area contributed by atoms with Gasteiger partial charge in [-0.05, 0) is 26.3 Å². The highest BCUT2D eigenvalue weighted by Crippen LogP contribution is 2.32. The van der Waals surface area contributed by atoms with Crippen LogP contribution in [0.2, 0.25) is 0 Å². The van der Waals surface area contributed by atoms with Gasteiger partial charge in [0, 0.05) is 12.5 Å². The maximum absolute atomic E-state index is 12.4. The van der Waals surface area contributed by atoms with E-state index in [4.69, 9.17) is 4.42 Å². The van der Waals surface area contributed by atoms with E-state index in [1.54, 1.807) is 0 Å². The van der Waals surface area contributed by atoms with Crippen molar-refractivity contribution in [2.45, 2.75) is 38.4 Å². The second kappa shape index (κ2) is 4.08. The van der Waals surface area contributed by atoms with E-state index in [0.717, 1.165) is 19.4 Å². The minimum Gasteiger partial charge on any atom is -0.436 e. The zero-order chi connectivity index (χ0) is 11.8. The van der Waals surface area contributed by atoms with E-state index >= 15 is 0 Å². The predicted octanol–water partition coefficient (Wildman–Crippen LogP) is 2.30. The SMILES string of the molecule is Cc1nc(CC2CCCN2)oc1C(F)(F)F. The molecule has 90 valence electrons. The van der Waals surface area contributed by atoms with Gasteiger partial charge in [-0.2, -0.15) is 13.2 Å². The van der Waals surface area contributed by atoms with Crippen LogP contribution in [0, 0.1) is 6.92 Å². The number of oxazole rings is 1. The molecule has 1 aliphatic rings. The number of alkyl halides is 3. The van der Waals surface area contributed by atoms with Crippen LogP contribution < -0.4 is 5.32 Å². The van der Waals surface area contributed by atoms with Crippen LogP contribution in [0.5, 0.6) is 0 Å². The van der Waals surface area contributed by atoms with Crippen molar-refractivity contribution in [3.63, 3.8) is 0 Å². The molecule has 0 bridgehead atoms. The molecule has 0 spiro atoms. The summed E-state index contributed by atoms with van der Waals surface area (Å²) in [5, 5.41) is 3.19. The van der Waals surface area contributed by atoms with Gasteiger partial charge in [0.05, 0.1) is 5.69 Å². The van der Waals surface area contributed by atoms with E-state index in [2.05, 4.69) is 10.3 Å². The molecular weight excluding hydrogens is 221 g/mol. The molecule has 1 aromatic heterocycles. The second-order valence-electron chi connectivity index (χ2n) is 4.02. The van der Waals surface area contributed by atoms with Crippen molar-refractivity contribution < 1.29 is 17.6 Å². The number of nitrogens with one attached hydrogen (secondary N) is 1. The number of halogens is 3. The van der Waals surface area contributed by atoms with E-state index in [9.17, 15) is 13.2 Å². The molecule has 6 heteroatoms. The third-order valence-corrected chi connectivity index (χ3v) is 2.68. The fourth-order valence-corrected chi connectivity index (χ4v) is 1.94. The van der Waals surface area contributed by atoms with E-state index in [0.29, 0.717) is 6.42 Å². The van der Waals surface area contributed by atoms with E-state index in [1.807, 2.05) is 0 Å². The van der Waals surface area contributed by atoms with E-state index in [1.165, 1.54) is 6.92 Å². The highest BCUT2D eigenvalue weighted by molar-refractivity contribution is 5.11.